The number of amides is 3. The van der Waals surface area contributed by atoms with Gasteiger partial charge in [0.25, 0.3) is 0 Å². The van der Waals surface area contributed by atoms with E-state index in [-0.39, 0.29) is 12.1 Å². The first-order valence-corrected chi connectivity index (χ1v) is 21.0. The lowest BCUT2D eigenvalue weighted by molar-refractivity contribution is 0.0246. The summed E-state index contributed by atoms with van der Waals surface area (Å²) in [5, 5.41) is 2.67. The van der Waals surface area contributed by atoms with E-state index < -0.39 is 5.60 Å². The summed E-state index contributed by atoms with van der Waals surface area (Å²) in [5.41, 5.74) is 4.76. The van der Waals surface area contributed by atoms with E-state index in [0.29, 0.717) is 19.6 Å². The summed E-state index contributed by atoms with van der Waals surface area (Å²) >= 11 is 5.56. The van der Waals surface area contributed by atoms with Gasteiger partial charge < -0.3 is 24.6 Å². The third-order valence-corrected chi connectivity index (χ3v) is 11.9. The van der Waals surface area contributed by atoms with Crippen molar-refractivity contribution in [3.8, 4) is 5.75 Å². The highest BCUT2D eigenvalue weighted by molar-refractivity contribution is 7.99. The standard InChI is InChI=1S/C16H17NS.C15H21NO3S.C11H14N2OS/c1-2-6-14(7-3-1)12-17-10-11-18-16-9-5-4-8-15(16)13-17;1-15(2,3)19-14(17)16-7-8-20-13-6-5-12(18-4)9-11(13)10-16;1-12-11(14)13-6-7-15-10-5-3-2-4-9(10)8-13/h1-9H,10-13H2;5-6,9H,7-8,10H2,1-4H3;2-5H,6-8H2,1H3,(H,12,14). The van der Waals surface area contributed by atoms with Gasteiger partial charge in [0.2, 0.25) is 0 Å². The number of ether oxygens (including phenoxy) is 2. The normalized spacial score (nSPS) is 15.6. The number of benzene rings is 4. The highest BCUT2D eigenvalue weighted by Gasteiger charge is 2.25. The summed E-state index contributed by atoms with van der Waals surface area (Å²) in [4.78, 5) is 33.8. The van der Waals surface area contributed by atoms with E-state index in [4.69, 9.17) is 9.47 Å². The van der Waals surface area contributed by atoms with Crippen LogP contribution in [-0.2, 0) is 30.9 Å². The van der Waals surface area contributed by atoms with Crippen molar-refractivity contribution in [1.82, 2.24) is 20.0 Å². The van der Waals surface area contributed by atoms with Crippen LogP contribution in [0, 0.1) is 0 Å². The van der Waals surface area contributed by atoms with Gasteiger partial charge in [0.15, 0.2) is 0 Å². The molecule has 3 aliphatic heterocycles. The molecule has 3 heterocycles. The number of nitrogens with one attached hydrogen (secondary N) is 1. The van der Waals surface area contributed by atoms with Gasteiger partial charge in [-0.1, -0.05) is 66.7 Å². The predicted molar refractivity (Wildman–Crippen MR) is 220 cm³/mol. The van der Waals surface area contributed by atoms with Crippen LogP contribution in [0.4, 0.5) is 9.59 Å². The third-order valence-electron chi connectivity index (χ3n) is 8.63. The highest BCUT2D eigenvalue weighted by Crippen LogP contribution is 2.31. The summed E-state index contributed by atoms with van der Waals surface area (Å²) in [5.74, 6) is 3.84. The Morgan fingerprint density at radius 2 is 1.23 bits per heavy atom. The number of carbonyl (C=O) groups is 2. The van der Waals surface area contributed by atoms with Crippen LogP contribution >= 0.6 is 35.3 Å². The number of hydrogen-bond acceptors (Lipinski definition) is 8. The quantitative estimate of drug-likeness (QED) is 0.221. The number of methoxy groups -OCH3 is 1. The van der Waals surface area contributed by atoms with Gasteiger partial charge in [0.05, 0.1) is 13.7 Å². The minimum Gasteiger partial charge on any atom is -0.497 e. The maximum absolute atomic E-state index is 12.2. The van der Waals surface area contributed by atoms with Gasteiger partial charge in [-0.25, -0.2) is 9.59 Å². The zero-order valence-electron chi connectivity index (χ0n) is 31.5. The molecule has 0 unspecified atom stereocenters. The molecule has 3 amide bonds. The minimum atomic E-state index is -0.465. The Morgan fingerprint density at radius 1 is 0.679 bits per heavy atom. The van der Waals surface area contributed by atoms with E-state index in [1.807, 2.05) is 73.5 Å². The molecule has 0 aliphatic carbocycles. The van der Waals surface area contributed by atoms with Crippen molar-refractivity contribution in [2.24, 2.45) is 0 Å². The molecule has 0 radical (unpaired) electrons. The van der Waals surface area contributed by atoms with Gasteiger partial charge in [-0.2, -0.15) is 0 Å². The van der Waals surface area contributed by atoms with E-state index >= 15 is 0 Å². The molecular formula is C42H52N4O4S3. The highest BCUT2D eigenvalue weighted by atomic mass is 32.2. The second-order valence-corrected chi connectivity index (χ2v) is 17.2. The third kappa shape index (κ3) is 12.7. The summed E-state index contributed by atoms with van der Waals surface area (Å²) in [6, 6.07) is 33.8. The second-order valence-electron chi connectivity index (χ2n) is 13.8. The summed E-state index contributed by atoms with van der Waals surface area (Å²) in [6.07, 6.45) is -0.256. The van der Waals surface area contributed by atoms with Crippen LogP contribution in [-0.4, -0.2) is 83.5 Å². The van der Waals surface area contributed by atoms with Crippen LogP contribution in [0.3, 0.4) is 0 Å². The Hall–Kier alpha value is -3.77. The zero-order valence-corrected chi connectivity index (χ0v) is 34.0. The van der Waals surface area contributed by atoms with Crippen LogP contribution < -0.4 is 10.1 Å². The number of hydrogen-bond donors (Lipinski definition) is 1. The van der Waals surface area contributed by atoms with E-state index in [2.05, 4.69) is 83.0 Å². The average molecular weight is 773 g/mol. The zero-order chi connectivity index (χ0) is 37.6. The molecule has 4 aromatic carbocycles. The fraction of sp³-hybridized carbons (Fsp3) is 0.381. The monoisotopic (exact) mass is 772 g/mol. The predicted octanol–water partition coefficient (Wildman–Crippen LogP) is 9.27. The Kier molecular flexibility index (Phi) is 15.3. The Labute approximate surface area is 328 Å². The Balaban J connectivity index is 0.000000155. The van der Waals surface area contributed by atoms with Crippen molar-refractivity contribution < 1.29 is 19.1 Å². The van der Waals surface area contributed by atoms with Crippen molar-refractivity contribution in [1.29, 1.82) is 0 Å². The van der Waals surface area contributed by atoms with Gasteiger partial charge >= 0.3 is 12.1 Å². The number of nitrogens with zero attached hydrogens (tertiary/aromatic N) is 3. The fourth-order valence-corrected chi connectivity index (χ4v) is 9.08. The minimum absolute atomic E-state index is 0.00676. The molecule has 1 N–H and O–H groups in total. The first kappa shape index (κ1) is 40.4. The molecule has 0 fully saturated rings. The van der Waals surface area contributed by atoms with Crippen molar-refractivity contribution in [2.45, 2.75) is 67.2 Å². The SMILES string of the molecule is CNC(=O)N1CCSc2ccccc2C1.COc1ccc2c(c1)CN(C(=O)OC(C)(C)C)CCS2.c1ccc(CN2CCSc3ccccc3C2)cc1. The summed E-state index contributed by atoms with van der Waals surface area (Å²) in [7, 11) is 3.32. The maximum Gasteiger partial charge on any atom is 0.410 e. The average Bonchev–Trinajstić information content (AvgIpc) is 3.61. The van der Waals surface area contributed by atoms with Gasteiger partial charge in [-0.15, -0.1) is 35.3 Å². The lowest BCUT2D eigenvalue weighted by Crippen LogP contribution is -2.38. The van der Waals surface area contributed by atoms with Crippen molar-refractivity contribution in [3.05, 3.63) is 119 Å². The number of rotatable bonds is 3. The van der Waals surface area contributed by atoms with Crippen LogP contribution in [0.1, 0.15) is 43.0 Å². The molecule has 11 heteroatoms. The number of fused-ring (bicyclic) bond motifs is 3. The van der Waals surface area contributed by atoms with Crippen LogP contribution in [0.15, 0.2) is 112 Å². The molecule has 4 aromatic rings. The van der Waals surface area contributed by atoms with Crippen molar-refractivity contribution >= 4 is 47.4 Å². The Bertz CT molecular complexity index is 1790. The van der Waals surface area contributed by atoms with Crippen LogP contribution in [0.2, 0.25) is 0 Å². The molecule has 0 aromatic heterocycles. The maximum atomic E-state index is 12.2. The Morgan fingerprint density at radius 3 is 1.85 bits per heavy atom. The molecule has 0 saturated heterocycles. The second kappa shape index (κ2) is 20.1. The molecule has 0 atom stereocenters. The molecule has 7 rings (SSSR count). The summed E-state index contributed by atoms with van der Waals surface area (Å²) < 4.78 is 10.7. The van der Waals surface area contributed by atoms with Gasteiger partial charge in [-0.3, -0.25) is 4.90 Å². The van der Waals surface area contributed by atoms with Crippen molar-refractivity contribution in [2.75, 3.05) is 51.1 Å². The first-order valence-electron chi connectivity index (χ1n) is 18.0. The largest absolute Gasteiger partial charge is 0.497 e. The first-order chi connectivity index (χ1) is 25.6. The topological polar surface area (TPSA) is 74.4 Å². The van der Waals surface area contributed by atoms with Crippen molar-refractivity contribution in [3.63, 3.8) is 0 Å². The smallest absolute Gasteiger partial charge is 0.410 e. The molecule has 0 spiro atoms. The van der Waals surface area contributed by atoms with E-state index in [0.717, 1.165) is 49.0 Å². The fourth-order valence-electron chi connectivity index (χ4n) is 5.99. The number of urea groups is 1. The van der Waals surface area contributed by atoms with Gasteiger partial charge in [0.1, 0.15) is 11.4 Å². The summed E-state index contributed by atoms with van der Waals surface area (Å²) in [6.45, 7) is 11.7. The van der Waals surface area contributed by atoms with Crippen LogP contribution in [0.25, 0.3) is 0 Å². The van der Waals surface area contributed by atoms with Crippen LogP contribution in [0.5, 0.6) is 5.75 Å². The number of carbonyl (C=O) groups excluding carboxylic acids is 2. The van der Waals surface area contributed by atoms with E-state index in [1.54, 1.807) is 30.8 Å². The molecule has 0 bridgehead atoms. The molecular weight excluding hydrogens is 721 g/mol. The molecule has 3 aliphatic rings. The lowest BCUT2D eigenvalue weighted by Gasteiger charge is -2.26. The van der Waals surface area contributed by atoms with Gasteiger partial charge in [0, 0.05) is 78.3 Å². The molecule has 282 valence electrons. The molecule has 8 nitrogen and oxygen atoms in total. The molecule has 53 heavy (non-hydrogen) atoms. The lowest BCUT2D eigenvalue weighted by atomic mass is 10.1. The van der Waals surface area contributed by atoms with E-state index in [1.165, 1.54) is 37.1 Å². The molecule has 0 saturated carbocycles. The van der Waals surface area contributed by atoms with E-state index in [9.17, 15) is 9.59 Å². The van der Waals surface area contributed by atoms with Gasteiger partial charge in [-0.05, 0) is 73.4 Å². The number of thioether (sulfide) groups is 3.